The molecule has 3 N–H and O–H groups in total. The van der Waals surface area contributed by atoms with E-state index in [4.69, 9.17) is 4.74 Å². The summed E-state index contributed by atoms with van der Waals surface area (Å²) in [5, 5.41) is 9.21. The van der Waals surface area contributed by atoms with E-state index in [1.807, 2.05) is 30.3 Å². The first-order valence-electron chi connectivity index (χ1n) is 8.92. The minimum Gasteiger partial charge on any atom is -0.384 e. The van der Waals surface area contributed by atoms with Crippen LogP contribution in [0, 0.1) is 5.41 Å². The fraction of sp³-hybridized carbons (Fsp3) is 0.579. The largest absolute Gasteiger partial charge is 0.384 e. The Balaban J connectivity index is 2.06. The fourth-order valence-corrected chi connectivity index (χ4v) is 3.22. The normalized spacial score (nSPS) is 17.5. The van der Waals surface area contributed by atoms with E-state index >= 15 is 0 Å². The molecule has 0 aliphatic carbocycles. The minimum atomic E-state index is -0.671. The van der Waals surface area contributed by atoms with E-state index in [9.17, 15) is 9.59 Å². The average molecular weight is 347 g/mol. The van der Waals surface area contributed by atoms with Crippen LogP contribution in [-0.2, 0) is 14.3 Å². The SMILES string of the molecule is CCC(=O)NC(C(=O)NCC1(COC)CCNCC1)c1ccccc1. The summed E-state index contributed by atoms with van der Waals surface area (Å²) in [5.41, 5.74) is 0.735. The van der Waals surface area contributed by atoms with Gasteiger partial charge in [0.25, 0.3) is 0 Å². The van der Waals surface area contributed by atoms with Gasteiger partial charge in [0.1, 0.15) is 6.04 Å². The molecule has 1 unspecified atom stereocenters. The number of rotatable bonds is 8. The van der Waals surface area contributed by atoms with Crippen molar-refractivity contribution in [3.8, 4) is 0 Å². The first-order valence-corrected chi connectivity index (χ1v) is 8.92. The van der Waals surface area contributed by atoms with Gasteiger partial charge >= 0.3 is 0 Å². The molecule has 6 nitrogen and oxygen atoms in total. The maximum absolute atomic E-state index is 12.8. The first-order chi connectivity index (χ1) is 12.1. The molecule has 1 aromatic carbocycles. The summed E-state index contributed by atoms with van der Waals surface area (Å²) in [5.74, 6) is -0.320. The lowest BCUT2D eigenvalue weighted by Crippen LogP contribution is -2.49. The predicted octanol–water partition coefficient (Wildman–Crippen LogP) is 1.39. The van der Waals surface area contributed by atoms with Crippen LogP contribution in [-0.4, -0.2) is 45.2 Å². The predicted molar refractivity (Wildman–Crippen MR) is 97.0 cm³/mol. The Kier molecular flexibility index (Phi) is 7.40. The fourth-order valence-electron chi connectivity index (χ4n) is 3.22. The molecule has 1 heterocycles. The number of nitrogens with one attached hydrogen (secondary N) is 3. The molecule has 2 rings (SSSR count). The molecule has 0 bridgehead atoms. The van der Waals surface area contributed by atoms with E-state index in [0.29, 0.717) is 19.6 Å². The van der Waals surface area contributed by atoms with Crippen LogP contribution in [0.25, 0.3) is 0 Å². The van der Waals surface area contributed by atoms with Gasteiger partial charge in [0.05, 0.1) is 6.61 Å². The van der Waals surface area contributed by atoms with Crippen molar-refractivity contribution in [2.45, 2.75) is 32.2 Å². The number of benzene rings is 1. The Hall–Kier alpha value is -1.92. The molecule has 2 amide bonds. The lowest BCUT2D eigenvalue weighted by Gasteiger charge is -2.37. The number of hydrogen-bond donors (Lipinski definition) is 3. The summed E-state index contributed by atoms with van der Waals surface area (Å²) in [4.78, 5) is 24.7. The summed E-state index contributed by atoms with van der Waals surface area (Å²) in [6.45, 7) is 4.79. The van der Waals surface area contributed by atoms with Crippen LogP contribution in [0.3, 0.4) is 0 Å². The van der Waals surface area contributed by atoms with Crippen molar-refractivity contribution >= 4 is 11.8 Å². The van der Waals surface area contributed by atoms with Crippen LogP contribution in [0.4, 0.5) is 0 Å². The van der Waals surface area contributed by atoms with Crippen LogP contribution in [0.1, 0.15) is 37.8 Å². The number of ether oxygens (including phenoxy) is 1. The Morgan fingerprint density at radius 3 is 2.52 bits per heavy atom. The molecule has 1 atom stereocenters. The number of methoxy groups -OCH3 is 1. The molecule has 0 spiro atoms. The molecule has 1 aliphatic heterocycles. The van der Waals surface area contributed by atoms with Crippen molar-refractivity contribution in [3.63, 3.8) is 0 Å². The maximum Gasteiger partial charge on any atom is 0.247 e. The zero-order valence-electron chi connectivity index (χ0n) is 15.1. The molecule has 0 radical (unpaired) electrons. The Labute approximate surface area is 149 Å². The highest BCUT2D eigenvalue weighted by Gasteiger charge is 2.33. The van der Waals surface area contributed by atoms with Crippen LogP contribution in [0.2, 0.25) is 0 Å². The molecule has 1 fully saturated rings. The minimum absolute atomic E-state index is 0.0499. The first kappa shape index (κ1) is 19.4. The summed E-state index contributed by atoms with van der Waals surface area (Å²) in [6.07, 6.45) is 2.26. The second-order valence-corrected chi connectivity index (χ2v) is 6.67. The Morgan fingerprint density at radius 1 is 1.24 bits per heavy atom. The van der Waals surface area contributed by atoms with Gasteiger partial charge in [-0.3, -0.25) is 9.59 Å². The van der Waals surface area contributed by atoms with Crippen molar-refractivity contribution in [1.82, 2.24) is 16.0 Å². The average Bonchev–Trinajstić information content (AvgIpc) is 2.65. The van der Waals surface area contributed by atoms with Crippen LogP contribution < -0.4 is 16.0 Å². The second-order valence-electron chi connectivity index (χ2n) is 6.67. The van der Waals surface area contributed by atoms with Gasteiger partial charge in [-0.25, -0.2) is 0 Å². The van der Waals surface area contributed by atoms with Crippen molar-refractivity contribution in [1.29, 1.82) is 0 Å². The third-order valence-electron chi connectivity index (χ3n) is 4.77. The molecule has 1 aliphatic rings. The van der Waals surface area contributed by atoms with Crippen LogP contribution in [0.5, 0.6) is 0 Å². The topological polar surface area (TPSA) is 79.5 Å². The van der Waals surface area contributed by atoms with E-state index in [0.717, 1.165) is 31.5 Å². The third kappa shape index (κ3) is 5.54. The highest BCUT2D eigenvalue weighted by atomic mass is 16.5. The lowest BCUT2D eigenvalue weighted by atomic mass is 9.79. The number of carbonyl (C=O) groups excluding carboxylic acids is 2. The summed E-state index contributed by atoms with van der Waals surface area (Å²) in [6, 6.07) is 8.67. The van der Waals surface area contributed by atoms with Gasteiger partial charge in [0.2, 0.25) is 11.8 Å². The standard InChI is InChI=1S/C19H29N3O3/c1-3-16(23)22-17(15-7-5-4-6-8-15)18(24)21-13-19(14-25-2)9-11-20-12-10-19/h4-8,17,20H,3,9-14H2,1-2H3,(H,21,24)(H,22,23). The van der Waals surface area contributed by atoms with Gasteiger partial charge in [-0.15, -0.1) is 0 Å². The van der Waals surface area contributed by atoms with Gasteiger partial charge in [-0.1, -0.05) is 37.3 Å². The van der Waals surface area contributed by atoms with Gasteiger partial charge in [-0.05, 0) is 31.5 Å². The van der Waals surface area contributed by atoms with E-state index < -0.39 is 6.04 Å². The highest BCUT2D eigenvalue weighted by molar-refractivity contribution is 5.88. The van der Waals surface area contributed by atoms with Crippen molar-refractivity contribution in [2.24, 2.45) is 5.41 Å². The maximum atomic E-state index is 12.8. The zero-order chi connectivity index (χ0) is 18.1. The van der Waals surface area contributed by atoms with Crippen molar-refractivity contribution in [3.05, 3.63) is 35.9 Å². The summed E-state index contributed by atoms with van der Waals surface area (Å²) < 4.78 is 5.40. The number of piperidine rings is 1. The molecule has 138 valence electrons. The molecule has 0 aromatic heterocycles. The molecule has 0 saturated carbocycles. The molecule has 1 aromatic rings. The Bertz CT molecular complexity index is 551. The summed E-state index contributed by atoms with van der Waals surface area (Å²) >= 11 is 0. The van der Waals surface area contributed by atoms with Gasteiger partial charge in [0.15, 0.2) is 0 Å². The van der Waals surface area contributed by atoms with Gasteiger partial charge in [0, 0.05) is 25.5 Å². The van der Waals surface area contributed by atoms with Crippen LogP contribution in [0.15, 0.2) is 30.3 Å². The van der Waals surface area contributed by atoms with E-state index in [1.165, 1.54) is 0 Å². The Morgan fingerprint density at radius 2 is 1.92 bits per heavy atom. The van der Waals surface area contributed by atoms with E-state index in [2.05, 4.69) is 16.0 Å². The van der Waals surface area contributed by atoms with E-state index in [-0.39, 0.29) is 17.2 Å². The van der Waals surface area contributed by atoms with Crippen molar-refractivity contribution in [2.75, 3.05) is 33.4 Å². The van der Waals surface area contributed by atoms with Crippen molar-refractivity contribution < 1.29 is 14.3 Å². The zero-order valence-corrected chi connectivity index (χ0v) is 15.1. The molecular formula is C19H29N3O3. The molecular weight excluding hydrogens is 318 g/mol. The van der Waals surface area contributed by atoms with Gasteiger partial charge in [-0.2, -0.15) is 0 Å². The molecule has 6 heteroatoms. The number of amides is 2. The highest BCUT2D eigenvalue weighted by Crippen LogP contribution is 2.28. The second kappa shape index (κ2) is 9.53. The summed E-state index contributed by atoms with van der Waals surface area (Å²) in [7, 11) is 1.69. The monoisotopic (exact) mass is 347 g/mol. The third-order valence-corrected chi connectivity index (χ3v) is 4.77. The lowest BCUT2D eigenvalue weighted by molar-refractivity contribution is -0.129. The molecule has 25 heavy (non-hydrogen) atoms. The number of carbonyl (C=O) groups is 2. The smallest absolute Gasteiger partial charge is 0.247 e. The molecule has 1 saturated heterocycles. The number of hydrogen-bond acceptors (Lipinski definition) is 4. The van der Waals surface area contributed by atoms with Crippen LogP contribution >= 0.6 is 0 Å². The van der Waals surface area contributed by atoms with Gasteiger partial charge < -0.3 is 20.7 Å². The quantitative estimate of drug-likeness (QED) is 0.664. The van der Waals surface area contributed by atoms with E-state index in [1.54, 1.807) is 14.0 Å².